The van der Waals surface area contributed by atoms with Gasteiger partial charge in [0.05, 0.1) is 0 Å². The molecule has 2 aliphatic carbocycles. The van der Waals surface area contributed by atoms with Gasteiger partial charge < -0.3 is 16.0 Å². The molecule has 5 nitrogen and oxygen atoms in total. The van der Waals surface area contributed by atoms with Gasteiger partial charge in [-0.3, -0.25) is 4.79 Å². The SMILES string of the molecule is O=C(NCc1ccccc1)NC1(C(=O)NCCC2=CCCCC2)CCCC1. The first-order chi connectivity index (χ1) is 13.2. The molecule has 0 aliphatic heterocycles. The third-order valence-corrected chi connectivity index (χ3v) is 5.66. The van der Waals surface area contributed by atoms with Crippen molar-refractivity contribution in [1.29, 1.82) is 0 Å². The summed E-state index contributed by atoms with van der Waals surface area (Å²) in [6, 6.07) is 9.51. The lowest BCUT2D eigenvalue weighted by Crippen LogP contribution is -2.59. The number of rotatable bonds is 7. The van der Waals surface area contributed by atoms with E-state index in [1.54, 1.807) is 0 Å². The van der Waals surface area contributed by atoms with Crippen LogP contribution in [0, 0.1) is 0 Å². The molecular formula is C22H31N3O2. The van der Waals surface area contributed by atoms with E-state index in [4.69, 9.17) is 0 Å². The third-order valence-electron chi connectivity index (χ3n) is 5.66. The smallest absolute Gasteiger partial charge is 0.315 e. The van der Waals surface area contributed by atoms with Crippen molar-refractivity contribution in [3.8, 4) is 0 Å². The van der Waals surface area contributed by atoms with Crippen molar-refractivity contribution in [3.63, 3.8) is 0 Å². The fourth-order valence-corrected chi connectivity index (χ4v) is 4.06. The Hall–Kier alpha value is -2.30. The van der Waals surface area contributed by atoms with Crippen molar-refractivity contribution in [2.45, 2.75) is 69.9 Å². The normalized spacial score (nSPS) is 18.4. The maximum absolute atomic E-state index is 12.8. The van der Waals surface area contributed by atoms with E-state index < -0.39 is 5.54 Å². The highest BCUT2D eigenvalue weighted by Gasteiger charge is 2.42. The van der Waals surface area contributed by atoms with Gasteiger partial charge in [0.25, 0.3) is 0 Å². The summed E-state index contributed by atoms with van der Waals surface area (Å²) >= 11 is 0. The molecule has 1 aromatic rings. The lowest BCUT2D eigenvalue weighted by molar-refractivity contribution is -0.127. The van der Waals surface area contributed by atoms with Crippen LogP contribution in [0.4, 0.5) is 4.79 Å². The molecule has 0 heterocycles. The van der Waals surface area contributed by atoms with E-state index >= 15 is 0 Å². The second-order valence-electron chi connectivity index (χ2n) is 7.70. The Balaban J connectivity index is 1.49. The van der Waals surface area contributed by atoms with Gasteiger partial charge in [0.1, 0.15) is 5.54 Å². The number of hydrogen-bond donors (Lipinski definition) is 3. The van der Waals surface area contributed by atoms with Crippen LogP contribution in [0.25, 0.3) is 0 Å². The molecular weight excluding hydrogens is 338 g/mol. The summed E-state index contributed by atoms with van der Waals surface area (Å²) in [6.45, 7) is 1.11. The van der Waals surface area contributed by atoms with Crippen LogP contribution in [0.5, 0.6) is 0 Å². The molecule has 1 aromatic carbocycles. The molecule has 3 amide bonds. The Morgan fingerprint density at radius 1 is 0.963 bits per heavy atom. The molecule has 0 radical (unpaired) electrons. The van der Waals surface area contributed by atoms with Gasteiger partial charge in [0, 0.05) is 13.1 Å². The van der Waals surface area contributed by atoms with Crippen molar-refractivity contribution < 1.29 is 9.59 Å². The van der Waals surface area contributed by atoms with Gasteiger partial charge in [-0.25, -0.2) is 4.79 Å². The summed E-state index contributed by atoms with van der Waals surface area (Å²) in [6.07, 6.45) is 11.4. The molecule has 2 aliphatic rings. The average molecular weight is 370 g/mol. The first-order valence-electron chi connectivity index (χ1n) is 10.2. The van der Waals surface area contributed by atoms with Crippen molar-refractivity contribution in [2.24, 2.45) is 0 Å². The van der Waals surface area contributed by atoms with E-state index in [-0.39, 0.29) is 11.9 Å². The zero-order valence-electron chi connectivity index (χ0n) is 16.1. The molecule has 1 saturated carbocycles. The monoisotopic (exact) mass is 369 g/mol. The van der Waals surface area contributed by atoms with Crippen LogP contribution >= 0.6 is 0 Å². The molecule has 146 valence electrons. The van der Waals surface area contributed by atoms with E-state index in [1.165, 1.54) is 18.4 Å². The Bertz CT molecular complexity index is 663. The van der Waals surface area contributed by atoms with Crippen LogP contribution < -0.4 is 16.0 Å². The van der Waals surface area contributed by atoms with Crippen LogP contribution in [0.3, 0.4) is 0 Å². The number of hydrogen-bond acceptors (Lipinski definition) is 2. The van der Waals surface area contributed by atoms with Gasteiger partial charge in [-0.2, -0.15) is 0 Å². The molecule has 3 rings (SSSR count). The Morgan fingerprint density at radius 3 is 2.44 bits per heavy atom. The Morgan fingerprint density at radius 2 is 1.74 bits per heavy atom. The predicted molar refractivity (Wildman–Crippen MR) is 107 cm³/mol. The molecule has 0 aromatic heterocycles. The van der Waals surface area contributed by atoms with Gasteiger partial charge in [0.15, 0.2) is 0 Å². The number of nitrogens with one attached hydrogen (secondary N) is 3. The Kier molecular flexibility index (Phi) is 6.91. The van der Waals surface area contributed by atoms with Crippen molar-refractivity contribution in [3.05, 3.63) is 47.5 Å². The topological polar surface area (TPSA) is 70.2 Å². The summed E-state index contributed by atoms with van der Waals surface area (Å²) in [5.74, 6) is -0.0359. The highest BCUT2D eigenvalue weighted by molar-refractivity contribution is 5.91. The highest BCUT2D eigenvalue weighted by atomic mass is 16.2. The second-order valence-corrected chi connectivity index (χ2v) is 7.70. The number of allylic oxidation sites excluding steroid dienone is 1. The highest BCUT2D eigenvalue weighted by Crippen LogP contribution is 2.30. The average Bonchev–Trinajstić information content (AvgIpc) is 3.18. The maximum Gasteiger partial charge on any atom is 0.315 e. The quantitative estimate of drug-likeness (QED) is 0.640. The maximum atomic E-state index is 12.8. The van der Waals surface area contributed by atoms with Crippen LogP contribution in [-0.4, -0.2) is 24.0 Å². The number of carbonyl (C=O) groups excluding carboxylic acids is 2. The fraction of sp³-hybridized carbons (Fsp3) is 0.545. The molecule has 27 heavy (non-hydrogen) atoms. The molecule has 5 heteroatoms. The summed E-state index contributed by atoms with van der Waals surface area (Å²) in [4.78, 5) is 25.2. The number of urea groups is 1. The molecule has 0 saturated heterocycles. The van der Waals surface area contributed by atoms with E-state index in [1.807, 2.05) is 30.3 Å². The third kappa shape index (κ3) is 5.59. The fourth-order valence-electron chi connectivity index (χ4n) is 4.06. The van der Waals surface area contributed by atoms with Crippen LogP contribution in [0.15, 0.2) is 42.0 Å². The number of benzene rings is 1. The summed E-state index contributed by atoms with van der Waals surface area (Å²) in [5.41, 5.74) is 1.73. The summed E-state index contributed by atoms with van der Waals surface area (Å²) in [7, 11) is 0. The van der Waals surface area contributed by atoms with E-state index in [0.717, 1.165) is 37.7 Å². The van der Waals surface area contributed by atoms with Gasteiger partial charge in [0.2, 0.25) is 5.91 Å². The van der Waals surface area contributed by atoms with Gasteiger partial charge in [-0.1, -0.05) is 54.8 Å². The predicted octanol–water partition coefficient (Wildman–Crippen LogP) is 3.81. The minimum Gasteiger partial charge on any atom is -0.354 e. The second kappa shape index (κ2) is 9.58. The van der Waals surface area contributed by atoms with Crippen LogP contribution in [0.2, 0.25) is 0 Å². The van der Waals surface area contributed by atoms with E-state index in [9.17, 15) is 9.59 Å². The molecule has 0 atom stereocenters. The van der Waals surface area contributed by atoms with Gasteiger partial charge in [-0.15, -0.1) is 0 Å². The van der Waals surface area contributed by atoms with Crippen molar-refractivity contribution in [1.82, 2.24) is 16.0 Å². The molecule has 0 spiro atoms. The minimum absolute atomic E-state index is 0.0359. The molecule has 1 fully saturated rings. The number of amides is 3. The minimum atomic E-state index is -0.762. The zero-order chi connectivity index (χ0) is 19.0. The standard InChI is InChI=1S/C22H31N3O2/c26-20(23-16-13-18-9-3-1-4-10-18)22(14-7-8-15-22)25-21(27)24-17-19-11-5-2-6-12-19/h2,5-6,9,11-12H,1,3-4,7-8,10,13-17H2,(H,23,26)(H2,24,25,27). The molecule has 3 N–H and O–H groups in total. The Labute approximate surface area is 162 Å². The summed E-state index contributed by atoms with van der Waals surface area (Å²) in [5, 5.41) is 8.92. The summed E-state index contributed by atoms with van der Waals surface area (Å²) < 4.78 is 0. The van der Waals surface area contributed by atoms with Gasteiger partial charge in [-0.05, 0) is 50.5 Å². The lowest BCUT2D eigenvalue weighted by atomic mass is 9.95. The van der Waals surface area contributed by atoms with E-state index in [2.05, 4.69) is 22.0 Å². The van der Waals surface area contributed by atoms with Crippen molar-refractivity contribution >= 4 is 11.9 Å². The van der Waals surface area contributed by atoms with E-state index in [0.29, 0.717) is 25.9 Å². The first kappa shape index (κ1) is 19.5. The molecule has 0 unspecified atom stereocenters. The largest absolute Gasteiger partial charge is 0.354 e. The first-order valence-corrected chi connectivity index (χ1v) is 10.2. The van der Waals surface area contributed by atoms with Crippen molar-refractivity contribution in [2.75, 3.05) is 6.54 Å². The van der Waals surface area contributed by atoms with Crippen LogP contribution in [0.1, 0.15) is 63.4 Å². The number of carbonyl (C=O) groups is 2. The lowest BCUT2D eigenvalue weighted by Gasteiger charge is -2.29. The zero-order valence-corrected chi connectivity index (χ0v) is 16.1. The van der Waals surface area contributed by atoms with Gasteiger partial charge >= 0.3 is 6.03 Å². The molecule has 0 bridgehead atoms. The van der Waals surface area contributed by atoms with Crippen LogP contribution in [-0.2, 0) is 11.3 Å².